The fraction of sp³-hybridized carbons (Fsp3) is 0.0556. The maximum Gasteiger partial charge on any atom is 0.264 e. The molecule has 0 unspecified atom stereocenters. The Bertz CT molecular complexity index is 932. The Balaban J connectivity index is 1.59. The van der Waals surface area contributed by atoms with Crippen LogP contribution >= 0.6 is 11.3 Å². The first-order chi connectivity index (χ1) is 12.1. The van der Waals surface area contributed by atoms with E-state index in [0.717, 1.165) is 5.56 Å². The highest BCUT2D eigenvalue weighted by molar-refractivity contribution is 7.14. The Morgan fingerprint density at radius 3 is 2.80 bits per heavy atom. The Morgan fingerprint density at radius 1 is 1.28 bits per heavy atom. The molecule has 1 N–H and O–H groups in total. The summed E-state index contributed by atoms with van der Waals surface area (Å²) in [6, 6.07) is 14.7. The van der Waals surface area contributed by atoms with Crippen molar-refractivity contribution in [3.05, 3.63) is 65.3 Å². The summed E-state index contributed by atoms with van der Waals surface area (Å²) in [5, 5.41) is 13.7. The van der Waals surface area contributed by atoms with Crippen molar-refractivity contribution in [3.63, 3.8) is 0 Å². The zero-order chi connectivity index (χ0) is 17.6. The van der Waals surface area contributed by atoms with Gasteiger partial charge in [0.1, 0.15) is 11.6 Å². The van der Waals surface area contributed by atoms with Crippen LogP contribution in [0, 0.1) is 17.1 Å². The molecule has 0 saturated carbocycles. The molecule has 0 saturated heterocycles. The number of halogens is 1. The Hall–Kier alpha value is -3.24. The molecule has 1 aromatic heterocycles. The summed E-state index contributed by atoms with van der Waals surface area (Å²) in [5.41, 5.74) is 2.13. The van der Waals surface area contributed by atoms with Crippen molar-refractivity contribution in [2.45, 2.75) is 0 Å². The molecule has 124 valence electrons. The predicted octanol–water partition coefficient (Wildman–Crippen LogP) is 3.84. The van der Waals surface area contributed by atoms with E-state index in [1.807, 2.05) is 5.38 Å². The van der Waals surface area contributed by atoms with E-state index < -0.39 is 5.82 Å². The molecule has 0 aliphatic carbocycles. The van der Waals surface area contributed by atoms with Gasteiger partial charge >= 0.3 is 0 Å². The number of ether oxygens (including phenoxy) is 1. The summed E-state index contributed by atoms with van der Waals surface area (Å²) in [7, 11) is 0. The third-order valence-electron chi connectivity index (χ3n) is 3.23. The number of hydrogen-bond donors (Lipinski definition) is 1. The van der Waals surface area contributed by atoms with Crippen molar-refractivity contribution in [1.82, 2.24) is 4.98 Å². The van der Waals surface area contributed by atoms with E-state index >= 15 is 0 Å². The third-order valence-corrected chi connectivity index (χ3v) is 3.98. The molecule has 3 rings (SSSR count). The van der Waals surface area contributed by atoms with Crippen molar-refractivity contribution in [2.75, 3.05) is 11.9 Å². The number of hydrogen-bond acceptors (Lipinski definition) is 5. The second-order valence-corrected chi connectivity index (χ2v) is 5.88. The molecule has 3 aromatic rings. The Labute approximate surface area is 147 Å². The van der Waals surface area contributed by atoms with Crippen LogP contribution in [0.15, 0.2) is 53.9 Å². The molecule has 0 fully saturated rings. The molecule has 1 heterocycles. The first-order valence-electron chi connectivity index (χ1n) is 7.28. The highest BCUT2D eigenvalue weighted by Crippen LogP contribution is 2.25. The molecule has 0 aliphatic rings. The number of thiazole rings is 1. The number of rotatable bonds is 5. The van der Waals surface area contributed by atoms with Gasteiger partial charge < -0.3 is 4.74 Å². The van der Waals surface area contributed by atoms with Crippen LogP contribution in [0.2, 0.25) is 0 Å². The molecule has 0 radical (unpaired) electrons. The van der Waals surface area contributed by atoms with Crippen molar-refractivity contribution >= 4 is 22.4 Å². The molecule has 7 heteroatoms. The van der Waals surface area contributed by atoms with E-state index in [-0.39, 0.29) is 18.3 Å². The maximum atomic E-state index is 13.0. The molecule has 0 aliphatic heterocycles. The summed E-state index contributed by atoms with van der Waals surface area (Å²) in [6.45, 7) is -0.241. The van der Waals surface area contributed by atoms with Crippen LogP contribution in [0.25, 0.3) is 11.3 Å². The topological polar surface area (TPSA) is 75.0 Å². The van der Waals surface area contributed by atoms with Gasteiger partial charge in [-0.1, -0.05) is 18.2 Å². The largest absolute Gasteiger partial charge is 0.484 e. The van der Waals surface area contributed by atoms with Gasteiger partial charge in [0.25, 0.3) is 5.91 Å². The van der Waals surface area contributed by atoms with Gasteiger partial charge in [0.15, 0.2) is 11.7 Å². The average Bonchev–Trinajstić information content (AvgIpc) is 3.08. The number of carbonyl (C=O) groups excluding carboxylic acids is 1. The fourth-order valence-corrected chi connectivity index (χ4v) is 2.78. The second-order valence-electron chi connectivity index (χ2n) is 5.02. The molecule has 0 bridgehead atoms. The maximum absolute atomic E-state index is 13.0. The molecule has 0 atom stereocenters. The number of nitrogens with one attached hydrogen (secondary N) is 1. The summed E-state index contributed by atoms with van der Waals surface area (Å²) in [5.74, 6) is -0.526. The van der Waals surface area contributed by atoms with E-state index in [1.54, 1.807) is 30.3 Å². The minimum atomic E-state index is -0.426. The normalized spacial score (nSPS) is 10.1. The van der Waals surface area contributed by atoms with E-state index in [0.29, 0.717) is 16.4 Å². The van der Waals surface area contributed by atoms with E-state index in [2.05, 4.69) is 16.4 Å². The lowest BCUT2D eigenvalue weighted by Gasteiger charge is -2.05. The number of amides is 1. The number of carbonyl (C=O) groups is 1. The lowest BCUT2D eigenvalue weighted by Crippen LogP contribution is -2.20. The highest BCUT2D eigenvalue weighted by atomic mass is 32.1. The molecule has 25 heavy (non-hydrogen) atoms. The molecule has 5 nitrogen and oxygen atoms in total. The predicted molar refractivity (Wildman–Crippen MR) is 92.8 cm³/mol. The van der Waals surface area contributed by atoms with Crippen LogP contribution in [0.4, 0.5) is 9.52 Å². The number of benzene rings is 2. The molecule has 2 aromatic carbocycles. The van der Waals surface area contributed by atoms with Gasteiger partial charge in [-0.15, -0.1) is 11.3 Å². The monoisotopic (exact) mass is 353 g/mol. The number of nitriles is 1. The van der Waals surface area contributed by atoms with Crippen LogP contribution in [-0.4, -0.2) is 17.5 Å². The van der Waals surface area contributed by atoms with Crippen LogP contribution in [0.1, 0.15) is 5.56 Å². The molecular weight excluding hydrogens is 341 g/mol. The number of nitrogens with zero attached hydrogens (tertiary/aromatic N) is 2. The van der Waals surface area contributed by atoms with Crippen LogP contribution in [0.5, 0.6) is 5.75 Å². The minimum Gasteiger partial charge on any atom is -0.484 e. The Kier molecular flexibility index (Phi) is 5.02. The SMILES string of the molecule is N#Cc1ccc(-c2csc(NC(=O)COc3cccc(F)c3)n2)cc1. The fourth-order valence-electron chi connectivity index (χ4n) is 2.04. The first kappa shape index (κ1) is 16.6. The zero-order valence-electron chi connectivity index (χ0n) is 12.9. The minimum absolute atomic E-state index is 0.241. The van der Waals surface area contributed by atoms with Crippen molar-refractivity contribution < 1.29 is 13.9 Å². The van der Waals surface area contributed by atoms with E-state index in [1.165, 1.54) is 29.5 Å². The van der Waals surface area contributed by atoms with Gasteiger partial charge in [0.05, 0.1) is 17.3 Å². The quantitative estimate of drug-likeness (QED) is 0.756. The van der Waals surface area contributed by atoms with Crippen LogP contribution in [0.3, 0.4) is 0 Å². The summed E-state index contributed by atoms with van der Waals surface area (Å²) < 4.78 is 18.3. The molecular formula is C18H12FN3O2S. The van der Waals surface area contributed by atoms with Crippen molar-refractivity contribution in [1.29, 1.82) is 5.26 Å². The van der Waals surface area contributed by atoms with Crippen molar-refractivity contribution in [2.24, 2.45) is 0 Å². The molecule has 0 spiro atoms. The second kappa shape index (κ2) is 7.55. The standard InChI is InChI=1S/C18H12FN3O2S/c19-14-2-1-3-15(8-14)24-10-17(23)22-18-21-16(11-25-18)13-6-4-12(9-20)5-7-13/h1-8,11H,10H2,(H,21,22,23). The lowest BCUT2D eigenvalue weighted by molar-refractivity contribution is -0.118. The van der Waals surface area contributed by atoms with Gasteiger partial charge in [0, 0.05) is 17.0 Å². The van der Waals surface area contributed by atoms with Gasteiger partial charge in [-0.05, 0) is 24.3 Å². The summed E-state index contributed by atoms with van der Waals surface area (Å²) >= 11 is 1.28. The smallest absolute Gasteiger partial charge is 0.264 e. The Morgan fingerprint density at radius 2 is 2.08 bits per heavy atom. The zero-order valence-corrected chi connectivity index (χ0v) is 13.7. The molecule has 1 amide bonds. The number of aromatic nitrogens is 1. The van der Waals surface area contributed by atoms with Gasteiger partial charge in [-0.2, -0.15) is 5.26 Å². The van der Waals surface area contributed by atoms with E-state index in [9.17, 15) is 9.18 Å². The average molecular weight is 353 g/mol. The van der Waals surface area contributed by atoms with Crippen LogP contribution in [-0.2, 0) is 4.79 Å². The highest BCUT2D eigenvalue weighted by Gasteiger charge is 2.09. The van der Waals surface area contributed by atoms with Gasteiger partial charge in [-0.25, -0.2) is 9.37 Å². The van der Waals surface area contributed by atoms with Crippen molar-refractivity contribution in [3.8, 4) is 23.1 Å². The van der Waals surface area contributed by atoms with Gasteiger partial charge in [-0.3, -0.25) is 10.1 Å². The van der Waals surface area contributed by atoms with Gasteiger partial charge in [0.2, 0.25) is 0 Å². The lowest BCUT2D eigenvalue weighted by atomic mass is 10.1. The number of anilines is 1. The first-order valence-corrected chi connectivity index (χ1v) is 8.16. The van der Waals surface area contributed by atoms with E-state index in [4.69, 9.17) is 10.00 Å². The summed E-state index contributed by atoms with van der Waals surface area (Å²) in [6.07, 6.45) is 0. The van der Waals surface area contributed by atoms with Crippen LogP contribution < -0.4 is 10.1 Å². The third kappa shape index (κ3) is 4.40. The summed E-state index contributed by atoms with van der Waals surface area (Å²) in [4.78, 5) is 16.2.